The molecule has 0 bridgehead atoms. The maximum atomic E-state index is 12.5. The van der Waals surface area contributed by atoms with Crippen LogP contribution in [0.15, 0.2) is 66.3 Å². The van der Waals surface area contributed by atoms with Gasteiger partial charge in [-0.15, -0.1) is 11.3 Å². The van der Waals surface area contributed by atoms with Crippen molar-refractivity contribution >= 4 is 17.2 Å². The number of methoxy groups -OCH3 is 1. The summed E-state index contributed by atoms with van der Waals surface area (Å²) >= 11 is 1.67. The predicted molar refractivity (Wildman–Crippen MR) is 96.3 cm³/mol. The first-order valence-corrected chi connectivity index (χ1v) is 8.70. The van der Waals surface area contributed by atoms with Crippen molar-refractivity contribution in [3.8, 4) is 5.75 Å². The average molecular weight is 340 g/mol. The summed E-state index contributed by atoms with van der Waals surface area (Å²) in [7, 11) is 1.64. The van der Waals surface area contributed by atoms with Crippen molar-refractivity contribution in [1.82, 2.24) is 9.88 Å². The molecule has 2 aromatic heterocycles. The van der Waals surface area contributed by atoms with Crippen molar-refractivity contribution in [1.29, 1.82) is 0 Å². The largest absolute Gasteiger partial charge is 0.496 e. The number of nitrogens with zero attached hydrogens (tertiary/aromatic N) is 1. The lowest BCUT2D eigenvalue weighted by molar-refractivity contribution is -0.121. The molecule has 1 amide bonds. The molecule has 0 saturated carbocycles. The molecule has 0 radical (unpaired) electrons. The van der Waals surface area contributed by atoms with E-state index in [0.29, 0.717) is 13.0 Å². The standard InChI is InChI=1S/C19H20N2O2S/c1-23-17-8-3-2-7-15(17)14-20-19(22)13-16(18-9-6-12-24-18)21-10-4-5-11-21/h2-12,16H,13-14H2,1H3,(H,20,22)/t16-/m1/s1. The van der Waals surface area contributed by atoms with Gasteiger partial charge in [0.1, 0.15) is 5.75 Å². The van der Waals surface area contributed by atoms with E-state index in [2.05, 4.69) is 16.0 Å². The predicted octanol–water partition coefficient (Wildman–Crippen LogP) is 3.85. The summed E-state index contributed by atoms with van der Waals surface area (Å²) in [6.07, 6.45) is 4.40. The van der Waals surface area contributed by atoms with Crippen LogP contribution in [0.5, 0.6) is 5.75 Å². The minimum absolute atomic E-state index is 0.0213. The van der Waals surface area contributed by atoms with Crippen LogP contribution in [0.25, 0.3) is 0 Å². The number of benzene rings is 1. The smallest absolute Gasteiger partial charge is 0.222 e. The van der Waals surface area contributed by atoms with Gasteiger partial charge in [-0.3, -0.25) is 4.79 Å². The van der Waals surface area contributed by atoms with E-state index < -0.39 is 0 Å². The number of nitrogens with one attached hydrogen (secondary N) is 1. The van der Waals surface area contributed by atoms with Crippen LogP contribution < -0.4 is 10.1 Å². The van der Waals surface area contributed by atoms with Crippen molar-refractivity contribution in [3.05, 3.63) is 76.7 Å². The quantitative estimate of drug-likeness (QED) is 0.710. The number of rotatable bonds is 7. The summed E-state index contributed by atoms with van der Waals surface area (Å²) < 4.78 is 7.40. The second kappa shape index (κ2) is 7.84. The summed E-state index contributed by atoms with van der Waals surface area (Å²) in [5, 5.41) is 5.04. The van der Waals surface area contributed by atoms with Gasteiger partial charge in [0.15, 0.2) is 0 Å². The highest BCUT2D eigenvalue weighted by Crippen LogP contribution is 2.26. The van der Waals surface area contributed by atoms with Crippen LogP contribution in [0.4, 0.5) is 0 Å². The van der Waals surface area contributed by atoms with Crippen molar-refractivity contribution in [2.45, 2.75) is 19.0 Å². The van der Waals surface area contributed by atoms with Gasteiger partial charge in [-0.25, -0.2) is 0 Å². The SMILES string of the molecule is COc1ccccc1CNC(=O)C[C@H](c1cccs1)n1cccc1. The Hall–Kier alpha value is -2.53. The fraction of sp³-hybridized carbons (Fsp3) is 0.211. The van der Waals surface area contributed by atoms with Crippen LogP contribution in [0.2, 0.25) is 0 Å². The minimum atomic E-state index is 0.0213. The number of ether oxygens (including phenoxy) is 1. The Bertz CT molecular complexity index is 732. The first-order chi connectivity index (χ1) is 11.8. The van der Waals surface area contributed by atoms with Gasteiger partial charge in [0, 0.05) is 29.4 Å². The zero-order valence-electron chi connectivity index (χ0n) is 13.5. The third-order valence-corrected chi connectivity index (χ3v) is 4.88. The second-order valence-corrected chi connectivity index (χ2v) is 6.43. The fourth-order valence-electron chi connectivity index (χ4n) is 2.68. The summed E-state index contributed by atoms with van der Waals surface area (Å²) in [5.74, 6) is 0.811. The number of carbonyl (C=O) groups excluding carboxylic acids is 1. The molecule has 24 heavy (non-hydrogen) atoms. The minimum Gasteiger partial charge on any atom is -0.496 e. The molecule has 1 N–H and O–H groups in total. The molecule has 3 aromatic rings. The zero-order chi connectivity index (χ0) is 16.8. The van der Waals surface area contributed by atoms with E-state index in [9.17, 15) is 4.79 Å². The van der Waals surface area contributed by atoms with Crippen molar-refractivity contribution in [2.24, 2.45) is 0 Å². The topological polar surface area (TPSA) is 43.3 Å². The van der Waals surface area contributed by atoms with E-state index in [1.165, 1.54) is 4.88 Å². The van der Waals surface area contributed by atoms with Gasteiger partial charge in [0.25, 0.3) is 0 Å². The number of para-hydroxylation sites is 1. The van der Waals surface area contributed by atoms with Gasteiger partial charge in [-0.2, -0.15) is 0 Å². The second-order valence-electron chi connectivity index (χ2n) is 5.45. The number of thiophene rings is 1. The molecule has 4 nitrogen and oxygen atoms in total. The van der Waals surface area contributed by atoms with Gasteiger partial charge in [0.05, 0.1) is 19.6 Å². The van der Waals surface area contributed by atoms with Gasteiger partial charge in [-0.05, 0) is 29.6 Å². The van der Waals surface area contributed by atoms with E-state index in [4.69, 9.17) is 4.74 Å². The van der Waals surface area contributed by atoms with E-state index in [1.807, 2.05) is 60.2 Å². The molecular weight excluding hydrogens is 320 g/mol. The molecule has 0 aliphatic rings. The van der Waals surface area contributed by atoms with E-state index in [0.717, 1.165) is 11.3 Å². The molecule has 0 fully saturated rings. The van der Waals surface area contributed by atoms with Crippen molar-refractivity contribution < 1.29 is 9.53 Å². The molecule has 0 spiro atoms. The Morgan fingerprint density at radius 2 is 1.96 bits per heavy atom. The monoisotopic (exact) mass is 340 g/mol. The Labute approximate surface area is 145 Å². The summed E-state index contributed by atoms with van der Waals surface area (Å²) in [5.41, 5.74) is 0.974. The van der Waals surface area contributed by atoms with Gasteiger partial charge in [-0.1, -0.05) is 24.3 Å². The first-order valence-electron chi connectivity index (χ1n) is 7.82. The Morgan fingerprint density at radius 1 is 1.17 bits per heavy atom. The lowest BCUT2D eigenvalue weighted by atomic mass is 10.1. The van der Waals surface area contributed by atoms with Crippen LogP contribution in [-0.2, 0) is 11.3 Å². The molecule has 1 aromatic carbocycles. The Balaban J connectivity index is 1.66. The summed E-state index contributed by atoms with van der Waals surface area (Å²) in [6, 6.07) is 15.8. The zero-order valence-corrected chi connectivity index (χ0v) is 14.3. The van der Waals surface area contributed by atoms with Gasteiger partial charge >= 0.3 is 0 Å². The molecular formula is C19H20N2O2S. The molecule has 2 heterocycles. The average Bonchev–Trinajstić information content (AvgIpc) is 3.31. The van der Waals surface area contributed by atoms with Crippen LogP contribution in [-0.4, -0.2) is 17.6 Å². The lowest BCUT2D eigenvalue weighted by Crippen LogP contribution is -2.26. The summed E-state index contributed by atoms with van der Waals surface area (Å²) in [6.45, 7) is 0.464. The molecule has 0 unspecified atom stereocenters. The highest BCUT2D eigenvalue weighted by molar-refractivity contribution is 7.10. The molecule has 0 aliphatic carbocycles. The Kier molecular flexibility index (Phi) is 5.33. The number of hydrogen-bond acceptors (Lipinski definition) is 3. The first kappa shape index (κ1) is 16.3. The van der Waals surface area contributed by atoms with E-state index in [-0.39, 0.29) is 11.9 Å². The maximum absolute atomic E-state index is 12.5. The van der Waals surface area contributed by atoms with Crippen LogP contribution in [0, 0.1) is 0 Å². The highest BCUT2D eigenvalue weighted by Gasteiger charge is 2.18. The number of carbonyl (C=O) groups is 1. The molecule has 5 heteroatoms. The normalized spacial score (nSPS) is 11.9. The molecule has 3 rings (SSSR count). The van der Waals surface area contributed by atoms with E-state index in [1.54, 1.807) is 18.4 Å². The van der Waals surface area contributed by atoms with Crippen LogP contribution in [0.1, 0.15) is 22.9 Å². The number of amides is 1. The third-order valence-electron chi connectivity index (χ3n) is 3.91. The molecule has 0 saturated heterocycles. The number of hydrogen-bond donors (Lipinski definition) is 1. The molecule has 1 atom stereocenters. The van der Waals surface area contributed by atoms with Crippen LogP contribution >= 0.6 is 11.3 Å². The Morgan fingerprint density at radius 3 is 2.67 bits per heavy atom. The molecule has 124 valence electrons. The van der Waals surface area contributed by atoms with Crippen LogP contribution in [0.3, 0.4) is 0 Å². The third kappa shape index (κ3) is 3.86. The fourth-order valence-corrected chi connectivity index (χ4v) is 3.51. The van der Waals surface area contributed by atoms with E-state index >= 15 is 0 Å². The lowest BCUT2D eigenvalue weighted by Gasteiger charge is -2.18. The van der Waals surface area contributed by atoms with Gasteiger partial charge in [0.2, 0.25) is 5.91 Å². The summed E-state index contributed by atoms with van der Waals surface area (Å²) in [4.78, 5) is 13.6. The number of aromatic nitrogens is 1. The van der Waals surface area contributed by atoms with Crippen molar-refractivity contribution in [2.75, 3.05) is 7.11 Å². The maximum Gasteiger partial charge on any atom is 0.222 e. The van der Waals surface area contributed by atoms with Crippen molar-refractivity contribution in [3.63, 3.8) is 0 Å². The van der Waals surface area contributed by atoms with Gasteiger partial charge < -0.3 is 14.6 Å². The molecule has 0 aliphatic heterocycles. The highest BCUT2D eigenvalue weighted by atomic mass is 32.1.